The van der Waals surface area contributed by atoms with Gasteiger partial charge in [-0.1, -0.05) is 25.5 Å². The molecule has 4 heteroatoms. The highest BCUT2D eigenvalue weighted by Gasteiger charge is 2.26. The predicted octanol–water partition coefficient (Wildman–Crippen LogP) is 2.13. The molecule has 1 saturated heterocycles. The van der Waals surface area contributed by atoms with E-state index in [1.807, 2.05) is 18.2 Å². The lowest BCUT2D eigenvalue weighted by Gasteiger charge is -2.36. The lowest BCUT2D eigenvalue weighted by Crippen LogP contribution is -2.47. The maximum absolute atomic E-state index is 6.15. The average Bonchev–Trinajstić information content (AvgIpc) is 2.83. The van der Waals surface area contributed by atoms with E-state index in [0.29, 0.717) is 12.0 Å². The Labute approximate surface area is 107 Å². The number of nitrogens with zero attached hydrogens (tertiary/aromatic N) is 2. The van der Waals surface area contributed by atoms with Gasteiger partial charge in [-0.15, -0.1) is 0 Å². The summed E-state index contributed by atoms with van der Waals surface area (Å²) < 4.78 is 0. The lowest BCUT2D eigenvalue weighted by molar-refractivity contribution is 0.346. The number of benzene rings is 1. The van der Waals surface area contributed by atoms with E-state index in [1.165, 1.54) is 0 Å². The Morgan fingerprint density at radius 2 is 2.28 bits per heavy atom. The molecule has 1 fully saturated rings. The van der Waals surface area contributed by atoms with E-state index < -0.39 is 0 Å². The molecule has 1 aromatic heterocycles. The molecule has 3 N–H and O–H groups in total. The number of nitrogens with two attached hydrogens (primary N) is 1. The standard InChI is InChI=1S/C14H20N4/c1-2-10-9-18(8-7-11(10)15)14-16-12-5-3-4-6-13(12)17-14/h3-6,10-11H,2,7-9,15H2,1H3,(H,16,17). The minimum absolute atomic E-state index is 0.343. The van der Waals surface area contributed by atoms with E-state index in [0.717, 1.165) is 42.9 Å². The summed E-state index contributed by atoms with van der Waals surface area (Å²) in [7, 11) is 0. The Balaban J connectivity index is 1.86. The molecule has 1 aromatic carbocycles. The number of rotatable bonds is 2. The van der Waals surface area contributed by atoms with Crippen LogP contribution in [-0.4, -0.2) is 29.1 Å². The molecule has 0 saturated carbocycles. The third-order valence-corrected chi connectivity index (χ3v) is 3.99. The smallest absolute Gasteiger partial charge is 0.203 e. The molecule has 0 bridgehead atoms. The van der Waals surface area contributed by atoms with Crippen LogP contribution in [0.4, 0.5) is 5.95 Å². The van der Waals surface area contributed by atoms with Crippen LogP contribution < -0.4 is 10.6 Å². The summed E-state index contributed by atoms with van der Waals surface area (Å²) in [5.74, 6) is 1.56. The van der Waals surface area contributed by atoms with E-state index in [1.54, 1.807) is 0 Å². The fourth-order valence-corrected chi connectivity index (χ4v) is 2.76. The number of aromatic amines is 1. The Hall–Kier alpha value is -1.55. The van der Waals surface area contributed by atoms with Crippen LogP contribution in [0.3, 0.4) is 0 Å². The Kier molecular flexibility index (Phi) is 2.96. The molecule has 0 spiro atoms. The first-order chi connectivity index (χ1) is 8.78. The number of hydrogen-bond donors (Lipinski definition) is 2. The second-order valence-electron chi connectivity index (χ2n) is 5.14. The van der Waals surface area contributed by atoms with Gasteiger partial charge in [-0.25, -0.2) is 4.98 Å². The number of aromatic nitrogens is 2. The number of nitrogens with one attached hydrogen (secondary N) is 1. The van der Waals surface area contributed by atoms with Gasteiger partial charge in [0, 0.05) is 19.1 Å². The monoisotopic (exact) mass is 244 g/mol. The first kappa shape index (κ1) is 11.5. The van der Waals surface area contributed by atoms with Gasteiger partial charge in [-0.05, 0) is 24.5 Å². The van der Waals surface area contributed by atoms with Gasteiger partial charge in [0.05, 0.1) is 11.0 Å². The average molecular weight is 244 g/mol. The maximum atomic E-state index is 6.15. The van der Waals surface area contributed by atoms with Crippen molar-refractivity contribution < 1.29 is 0 Å². The van der Waals surface area contributed by atoms with Crippen LogP contribution in [0.25, 0.3) is 11.0 Å². The molecule has 1 aliphatic rings. The summed E-state index contributed by atoms with van der Waals surface area (Å²) in [5, 5.41) is 0. The van der Waals surface area contributed by atoms with Crippen LogP contribution in [0.1, 0.15) is 19.8 Å². The second kappa shape index (κ2) is 4.61. The van der Waals surface area contributed by atoms with Gasteiger partial charge in [0.25, 0.3) is 0 Å². The van der Waals surface area contributed by atoms with Gasteiger partial charge in [-0.2, -0.15) is 0 Å². The van der Waals surface area contributed by atoms with Crippen LogP contribution >= 0.6 is 0 Å². The highest BCUT2D eigenvalue weighted by Crippen LogP contribution is 2.24. The summed E-state index contributed by atoms with van der Waals surface area (Å²) in [4.78, 5) is 10.4. The third kappa shape index (κ3) is 1.97. The van der Waals surface area contributed by atoms with Crippen molar-refractivity contribution in [1.29, 1.82) is 0 Å². The molecule has 0 radical (unpaired) electrons. The Morgan fingerprint density at radius 1 is 1.44 bits per heavy atom. The van der Waals surface area contributed by atoms with Crippen molar-refractivity contribution >= 4 is 17.0 Å². The molecule has 2 heterocycles. The predicted molar refractivity (Wildman–Crippen MR) is 74.7 cm³/mol. The summed E-state index contributed by atoms with van der Waals surface area (Å²) in [5.41, 5.74) is 8.29. The van der Waals surface area contributed by atoms with Crippen LogP contribution in [-0.2, 0) is 0 Å². The maximum Gasteiger partial charge on any atom is 0.203 e. The molecule has 0 amide bonds. The van der Waals surface area contributed by atoms with Gasteiger partial charge in [0.1, 0.15) is 0 Å². The Bertz CT molecular complexity index is 500. The van der Waals surface area contributed by atoms with Crippen LogP contribution in [0.2, 0.25) is 0 Å². The highest BCUT2D eigenvalue weighted by atomic mass is 15.3. The lowest BCUT2D eigenvalue weighted by atomic mass is 9.91. The normalized spacial score (nSPS) is 24.7. The minimum Gasteiger partial charge on any atom is -0.342 e. The molecule has 18 heavy (non-hydrogen) atoms. The number of fused-ring (bicyclic) bond motifs is 1. The fraction of sp³-hybridized carbons (Fsp3) is 0.500. The summed E-state index contributed by atoms with van der Waals surface area (Å²) in [6.07, 6.45) is 2.19. The number of anilines is 1. The van der Waals surface area contributed by atoms with Gasteiger partial charge < -0.3 is 15.6 Å². The summed E-state index contributed by atoms with van der Waals surface area (Å²) in [6, 6.07) is 8.51. The zero-order valence-electron chi connectivity index (χ0n) is 10.8. The van der Waals surface area contributed by atoms with Crippen molar-refractivity contribution in [3.63, 3.8) is 0 Å². The van der Waals surface area contributed by atoms with Crippen LogP contribution in [0, 0.1) is 5.92 Å². The van der Waals surface area contributed by atoms with Gasteiger partial charge >= 0.3 is 0 Å². The Morgan fingerprint density at radius 3 is 3.06 bits per heavy atom. The number of piperidine rings is 1. The molecular formula is C14H20N4. The molecule has 1 aliphatic heterocycles. The van der Waals surface area contributed by atoms with Gasteiger partial charge in [0.2, 0.25) is 5.95 Å². The fourth-order valence-electron chi connectivity index (χ4n) is 2.76. The zero-order chi connectivity index (χ0) is 12.5. The molecule has 3 rings (SSSR count). The van der Waals surface area contributed by atoms with Crippen molar-refractivity contribution in [1.82, 2.24) is 9.97 Å². The van der Waals surface area contributed by atoms with E-state index in [2.05, 4.69) is 27.9 Å². The largest absolute Gasteiger partial charge is 0.342 e. The van der Waals surface area contributed by atoms with Crippen molar-refractivity contribution in [2.45, 2.75) is 25.8 Å². The van der Waals surface area contributed by atoms with Crippen molar-refractivity contribution in [3.8, 4) is 0 Å². The minimum atomic E-state index is 0.343. The summed E-state index contributed by atoms with van der Waals surface area (Å²) in [6.45, 7) is 4.22. The zero-order valence-corrected chi connectivity index (χ0v) is 10.8. The number of imidazole rings is 1. The topological polar surface area (TPSA) is 57.9 Å². The molecule has 2 unspecified atom stereocenters. The van der Waals surface area contributed by atoms with E-state index in [9.17, 15) is 0 Å². The highest BCUT2D eigenvalue weighted by molar-refractivity contribution is 5.77. The molecule has 96 valence electrons. The summed E-state index contributed by atoms with van der Waals surface area (Å²) >= 11 is 0. The van der Waals surface area contributed by atoms with Gasteiger partial charge in [-0.3, -0.25) is 0 Å². The van der Waals surface area contributed by atoms with E-state index >= 15 is 0 Å². The molecule has 4 nitrogen and oxygen atoms in total. The molecule has 2 atom stereocenters. The van der Waals surface area contributed by atoms with Crippen LogP contribution in [0.15, 0.2) is 24.3 Å². The molecule has 0 aliphatic carbocycles. The second-order valence-corrected chi connectivity index (χ2v) is 5.14. The van der Waals surface area contributed by atoms with Crippen molar-refractivity contribution in [3.05, 3.63) is 24.3 Å². The number of H-pyrrole nitrogens is 1. The molecular weight excluding hydrogens is 224 g/mol. The SMILES string of the molecule is CCC1CN(c2nc3ccccc3[nH]2)CCC1N. The van der Waals surface area contributed by atoms with Gasteiger partial charge in [0.15, 0.2) is 0 Å². The first-order valence-electron chi connectivity index (χ1n) is 6.73. The van der Waals surface area contributed by atoms with Crippen molar-refractivity contribution in [2.24, 2.45) is 11.7 Å². The number of hydrogen-bond acceptors (Lipinski definition) is 3. The first-order valence-corrected chi connectivity index (χ1v) is 6.73. The van der Waals surface area contributed by atoms with E-state index in [-0.39, 0.29) is 0 Å². The quantitative estimate of drug-likeness (QED) is 0.850. The van der Waals surface area contributed by atoms with Crippen LogP contribution in [0.5, 0.6) is 0 Å². The third-order valence-electron chi connectivity index (χ3n) is 3.99. The van der Waals surface area contributed by atoms with Crippen molar-refractivity contribution in [2.75, 3.05) is 18.0 Å². The number of para-hydroxylation sites is 2. The molecule has 2 aromatic rings. The van der Waals surface area contributed by atoms with E-state index in [4.69, 9.17) is 5.73 Å².